The molecule has 1 aliphatic heterocycles. The van der Waals surface area contributed by atoms with Gasteiger partial charge < -0.3 is 4.90 Å². The van der Waals surface area contributed by atoms with Gasteiger partial charge in [0.25, 0.3) is 0 Å². The fraction of sp³-hybridized carbons (Fsp3) is 0.462. The Morgan fingerprint density at radius 2 is 2.31 bits per heavy atom. The van der Waals surface area contributed by atoms with E-state index in [1.165, 1.54) is 11.1 Å². The Labute approximate surface area is 101 Å². The molecule has 3 heteroatoms. The molecule has 1 heterocycles. The van der Waals surface area contributed by atoms with E-state index in [4.69, 9.17) is 11.6 Å². The Bertz CT molecular complexity index is 389. The predicted octanol–water partition coefficient (Wildman–Crippen LogP) is 2.77. The Hall–Kier alpha value is -1.02. The minimum Gasteiger partial charge on any atom is -0.311 e. The first-order valence-electron chi connectivity index (χ1n) is 5.75. The number of hydrogen-bond donors (Lipinski definition) is 0. The van der Waals surface area contributed by atoms with E-state index < -0.39 is 0 Å². The molecule has 1 aliphatic rings. The molecule has 0 unspecified atom stereocenters. The van der Waals surface area contributed by atoms with Crippen molar-refractivity contribution in [1.29, 1.82) is 0 Å². The second-order valence-corrected chi connectivity index (χ2v) is 4.33. The van der Waals surface area contributed by atoms with E-state index >= 15 is 0 Å². The third kappa shape index (κ3) is 1.94. The number of halogens is 1. The molecule has 0 radical (unpaired) electrons. The van der Waals surface area contributed by atoms with Crippen molar-refractivity contribution in [3.8, 4) is 0 Å². The van der Waals surface area contributed by atoms with Crippen molar-refractivity contribution in [2.75, 3.05) is 17.3 Å². The van der Waals surface area contributed by atoms with Crippen LogP contribution in [0, 0.1) is 0 Å². The molecule has 0 atom stereocenters. The number of hydrogen-bond acceptors (Lipinski definition) is 1. The minimum atomic E-state index is 0.0171. The number of amides is 1. The van der Waals surface area contributed by atoms with Crippen LogP contribution < -0.4 is 4.90 Å². The Morgan fingerprint density at radius 1 is 1.50 bits per heavy atom. The lowest BCUT2D eigenvalue weighted by molar-refractivity contribution is -0.116. The standard InChI is InChI=1S/C13H16ClNO/c1-2-10-5-3-6-11-7-4-8-15(13(10)11)12(16)9-14/h3,5-6H,2,4,7-9H2,1H3. The van der Waals surface area contributed by atoms with E-state index in [1.54, 1.807) is 0 Å². The third-order valence-corrected chi connectivity index (χ3v) is 3.33. The lowest BCUT2D eigenvalue weighted by Gasteiger charge is -2.31. The summed E-state index contributed by atoms with van der Waals surface area (Å²) in [5, 5.41) is 0. The molecule has 16 heavy (non-hydrogen) atoms. The zero-order valence-corrected chi connectivity index (χ0v) is 10.3. The van der Waals surface area contributed by atoms with Crippen LogP contribution in [0.1, 0.15) is 24.5 Å². The summed E-state index contributed by atoms with van der Waals surface area (Å²) in [6, 6.07) is 6.28. The molecular weight excluding hydrogens is 222 g/mol. The fourth-order valence-electron chi connectivity index (χ4n) is 2.34. The summed E-state index contributed by atoms with van der Waals surface area (Å²) >= 11 is 5.66. The molecule has 0 aromatic heterocycles. The molecular formula is C13H16ClNO. The highest BCUT2D eigenvalue weighted by atomic mass is 35.5. The Morgan fingerprint density at radius 3 is 3.00 bits per heavy atom. The number of carbonyl (C=O) groups is 1. The van der Waals surface area contributed by atoms with E-state index in [-0.39, 0.29) is 11.8 Å². The van der Waals surface area contributed by atoms with Gasteiger partial charge in [-0.3, -0.25) is 4.79 Å². The maximum atomic E-state index is 11.8. The normalized spacial score (nSPS) is 14.8. The average molecular weight is 238 g/mol. The monoisotopic (exact) mass is 237 g/mol. The van der Waals surface area contributed by atoms with Gasteiger partial charge in [-0.2, -0.15) is 0 Å². The van der Waals surface area contributed by atoms with Crippen LogP contribution in [0.3, 0.4) is 0 Å². The van der Waals surface area contributed by atoms with Gasteiger partial charge in [-0.1, -0.05) is 25.1 Å². The summed E-state index contributed by atoms with van der Waals surface area (Å²) in [5.41, 5.74) is 3.64. The molecule has 1 aromatic rings. The summed E-state index contributed by atoms with van der Waals surface area (Å²) in [6.45, 7) is 2.92. The number of benzene rings is 1. The van der Waals surface area contributed by atoms with Crippen LogP contribution in [0.25, 0.3) is 0 Å². The number of fused-ring (bicyclic) bond motifs is 1. The van der Waals surface area contributed by atoms with Crippen LogP contribution in [0.5, 0.6) is 0 Å². The van der Waals surface area contributed by atoms with Gasteiger partial charge in [0, 0.05) is 6.54 Å². The second-order valence-electron chi connectivity index (χ2n) is 4.06. The fourth-order valence-corrected chi connectivity index (χ4v) is 2.48. The molecule has 1 aromatic carbocycles. The van der Waals surface area contributed by atoms with Gasteiger partial charge >= 0.3 is 0 Å². The molecule has 86 valence electrons. The second kappa shape index (κ2) is 4.88. The first kappa shape index (κ1) is 11.5. The van der Waals surface area contributed by atoms with E-state index in [1.807, 2.05) is 4.90 Å². The smallest absolute Gasteiger partial charge is 0.241 e. The maximum Gasteiger partial charge on any atom is 0.241 e. The number of alkyl halides is 1. The number of aryl methyl sites for hydroxylation is 2. The first-order chi connectivity index (χ1) is 7.77. The highest BCUT2D eigenvalue weighted by Gasteiger charge is 2.23. The van der Waals surface area contributed by atoms with Crippen LogP contribution in [0.4, 0.5) is 5.69 Å². The molecule has 2 rings (SSSR count). The van der Waals surface area contributed by atoms with E-state index in [0.29, 0.717) is 0 Å². The molecule has 2 nitrogen and oxygen atoms in total. The van der Waals surface area contributed by atoms with Gasteiger partial charge in [0.1, 0.15) is 5.88 Å². The highest BCUT2D eigenvalue weighted by molar-refractivity contribution is 6.29. The summed E-state index contributed by atoms with van der Waals surface area (Å²) in [6.07, 6.45) is 3.05. The zero-order valence-electron chi connectivity index (χ0n) is 9.50. The number of anilines is 1. The molecule has 0 saturated heterocycles. The summed E-state index contributed by atoms with van der Waals surface area (Å²) in [4.78, 5) is 13.6. The molecule has 0 spiro atoms. The van der Waals surface area contributed by atoms with Crippen molar-refractivity contribution < 1.29 is 4.79 Å². The number of carbonyl (C=O) groups excluding carboxylic acids is 1. The van der Waals surface area contributed by atoms with Crippen LogP contribution in [0.2, 0.25) is 0 Å². The Balaban J connectivity index is 2.46. The van der Waals surface area contributed by atoms with Gasteiger partial charge in [-0.25, -0.2) is 0 Å². The SMILES string of the molecule is CCc1cccc2c1N(C(=O)CCl)CCC2. The van der Waals surface area contributed by atoms with Crippen LogP contribution in [-0.2, 0) is 17.6 Å². The van der Waals surface area contributed by atoms with Crippen LogP contribution in [-0.4, -0.2) is 18.3 Å². The molecule has 0 fully saturated rings. The van der Waals surface area contributed by atoms with Gasteiger partial charge in [-0.15, -0.1) is 11.6 Å². The van der Waals surface area contributed by atoms with Crippen molar-refractivity contribution in [3.05, 3.63) is 29.3 Å². The van der Waals surface area contributed by atoms with Crippen molar-refractivity contribution >= 4 is 23.2 Å². The van der Waals surface area contributed by atoms with E-state index in [0.717, 1.165) is 31.5 Å². The number of rotatable bonds is 2. The van der Waals surface area contributed by atoms with Gasteiger partial charge in [0.15, 0.2) is 0 Å². The lowest BCUT2D eigenvalue weighted by Crippen LogP contribution is -2.37. The third-order valence-electron chi connectivity index (χ3n) is 3.10. The number of nitrogens with zero attached hydrogens (tertiary/aromatic N) is 1. The van der Waals surface area contributed by atoms with Crippen LogP contribution in [0.15, 0.2) is 18.2 Å². The highest BCUT2D eigenvalue weighted by Crippen LogP contribution is 2.31. The van der Waals surface area contributed by atoms with Crippen molar-refractivity contribution in [1.82, 2.24) is 0 Å². The molecule has 0 N–H and O–H groups in total. The van der Waals surface area contributed by atoms with Crippen molar-refractivity contribution in [2.45, 2.75) is 26.2 Å². The van der Waals surface area contributed by atoms with Gasteiger partial charge in [0.05, 0.1) is 5.69 Å². The molecule has 0 aliphatic carbocycles. The van der Waals surface area contributed by atoms with Crippen LogP contribution >= 0.6 is 11.6 Å². The molecule has 0 saturated carbocycles. The molecule has 0 bridgehead atoms. The largest absolute Gasteiger partial charge is 0.311 e. The van der Waals surface area contributed by atoms with Crippen molar-refractivity contribution in [3.63, 3.8) is 0 Å². The Kier molecular flexibility index (Phi) is 3.49. The molecule has 1 amide bonds. The summed E-state index contributed by atoms with van der Waals surface area (Å²) in [7, 11) is 0. The lowest BCUT2D eigenvalue weighted by atomic mass is 9.96. The zero-order chi connectivity index (χ0) is 11.5. The van der Waals surface area contributed by atoms with E-state index in [9.17, 15) is 4.79 Å². The predicted molar refractivity (Wildman–Crippen MR) is 67.2 cm³/mol. The number of para-hydroxylation sites is 1. The topological polar surface area (TPSA) is 20.3 Å². The van der Waals surface area contributed by atoms with Gasteiger partial charge in [0.2, 0.25) is 5.91 Å². The van der Waals surface area contributed by atoms with Gasteiger partial charge in [-0.05, 0) is 30.4 Å². The first-order valence-corrected chi connectivity index (χ1v) is 6.28. The maximum absolute atomic E-state index is 11.8. The minimum absolute atomic E-state index is 0.0171. The van der Waals surface area contributed by atoms with Crippen molar-refractivity contribution in [2.24, 2.45) is 0 Å². The summed E-state index contributed by atoms with van der Waals surface area (Å²) in [5.74, 6) is 0.0841. The summed E-state index contributed by atoms with van der Waals surface area (Å²) < 4.78 is 0. The average Bonchev–Trinajstić information content (AvgIpc) is 2.36. The van der Waals surface area contributed by atoms with E-state index in [2.05, 4.69) is 25.1 Å². The quantitative estimate of drug-likeness (QED) is 0.725.